The van der Waals surface area contributed by atoms with E-state index in [0.29, 0.717) is 57.3 Å². The average Bonchev–Trinajstić information content (AvgIpc) is 3.16. The Labute approximate surface area is 154 Å². The lowest BCUT2D eigenvalue weighted by atomic mass is 9.98. The standard InChI is InChI=1S/C15H21N9O3/c16-1-2-24-6-10(21-22-24)13(25)23-3-4-26-8-15(7-23)5-9-11(17)19-14(18)20-12(9)27-15/h6H,1-5,7-8,16H2,(H4,17,18,19,20). The van der Waals surface area contributed by atoms with Gasteiger partial charge in [0.15, 0.2) is 11.3 Å². The third kappa shape index (κ3) is 3.24. The average molecular weight is 375 g/mol. The summed E-state index contributed by atoms with van der Waals surface area (Å²) >= 11 is 0. The molecule has 2 aromatic heterocycles. The summed E-state index contributed by atoms with van der Waals surface area (Å²) in [6.45, 7) is 2.29. The van der Waals surface area contributed by atoms with Crippen LogP contribution in [0.2, 0.25) is 0 Å². The van der Waals surface area contributed by atoms with Crippen molar-refractivity contribution in [3.8, 4) is 5.88 Å². The molecule has 144 valence electrons. The molecule has 6 N–H and O–H groups in total. The molecule has 27 heavy (non-hydrogen) atoms. The van der Waals surface area contributed by atoms with Crippen LogP contribution in [0.25, 0.3) is 0 Å². The topological polar surface area (TPSA) is 173 Å². The van der Waals surface area contributed by atoms with E-state index in [1.807, 2.05) is 0 Å². The normalized spacial score (nSPS) is 21.7. The predicted octanol–water partition coefficient (Wildman–Crippen LogP) is -1.96. The highest BCUT2D eigenvalue weighted by molar-refractivity contribution is 5.92. The molecule has 1 spiro atoms. The summed E-state index contributed by atoms with van der Waals surface area (Å²) in [5, 5.41) is 7.86. The van der Waals surface area contributed by atoms with Crippen LogP contribution in [0.1, 0.15) is 16.1 Å². The highest BCUT2D eigenvalue weighted by Gasteiger charge is 2.46. The van der Waals surface area contributed by atoms with E-state index in [0.717, 1.165) is 0 Å². The van der Waals surface area contributed by atoms with Crippen LogP contribution in [0.5, 0.6) is 5.88 Å². The summed E-state index contributed by atoms with van der Waals surface area (Å²) in [6, 6.07) is 0. The molecule has 4 rings (SSSR count). The zero-order valence-electron chi connectivity index (χ0n) is 14.7. The molecule has 2 aromatic rings. The number of amides is 1. The van der Waals surface area contributed by atoms with E-state index >= 15 is 0 Å². The second kappa shape index (κ2) is 6.63. The smallest absolute Gasteiger partial charge is 0.276 e. The largest absolute Gasteiger partial charge is 0.466 e. The number of rotatable bonds is 3. The fourth-order valence-electron chi connectivity index (χ4n) is 3.36. The Bertz CT molecular complexity index is 870. The van der Waals surface area contributed by atoms with Gasteiger partial charge in [0, 0.05) is 19.5 Å². The van der Waals surface area contributed by atoms with Crippen LogP contribution >= 0.6 is 0 Å². The van der Waals surface area contributed by atoms with Crippen LogP contribution in [0.4, 0.5) is 11.8 Å². The van der Waals surface area contributed by atoms with Crippen LogP contribution in [-0.4, -0.2) is 74.2 Å². The van der Waals surface area contributed by atoms with Gasteiger partial charge in [-0.15, -0.1) is 5.10 Å². The Balaban J connectivity index is 1.56. The molecule has 0 saturated carbocycles. The first-order chi connectivity index (χ1) is 13.0. The second-order valence-electron chi connectivity index (χ2n) is 6.65. The van der Waals surface area contributed by atoms with E-state index < -0.39 is 5.60 Å². The van der Waals surface area contributed by atoms with Crippen molar-refractivity contribution >= 4 is 17.7 Å². The third-order valence-corrected chi connectivity index (χ3v) is 4.58. The zero-order valence-corrected chi connectivity index (χ0v) is 14.7. The van der Waals surface area contributed by atoms with Gasteiger partial charge in [-0.05, 0) is 0 Å². The van der Waals surface area contributed by atoms with Gasteiger partial charge in [-0.2, -0.15) is 9.97 Å². The first-order valence-electron chi connectivity index (χ1n) is 8.58. The van der Waals surface area contributed by atoms with Gasteiger partial charge in [0.1, 0.15) is 5.82 Å². The summed E-state index contributed by atoms with van der Waals surface area (Å²) in [6.07, 6.45) is 2.01. The third-order valence-electron chi connectivity index (χ3n) is 4.58. The van der Waals surface area contributed by atoms with Crippen LogP contribution in [0.3, 0.4) is 0 Å². The van der Waals surface area contributed by atoms with E-state index in [4.69, 9.17) is 26.7 Å². The number of ether oxygens (including phenoxy) is 2. The number of nitrogens with zero attached hydrogens (tertiary/aromatic N) is 6. The van der Waals surface area contributed by atoms with E-state index in [9.17, 15) is 4.79 Å². The summed E-state index contributed by atoms with van der Waals surface area (Å²) in [7, 11) is 0. The fraction of sp³-hybridized carbons (Fsp3) is 0.533. The Morgan fingerprint density at radius 1 is 1.33 bits per heavy atom. The number of nitrogens with two attached hydrogens (primary N) is 3. The number of hydrogen-bond donors (Lipinski definition) is 3. The summed E-state index contributed by atoms with van der Waals surface area (Å²) in [5.41, 5.74) is 17.2. The van der Waals surface area contributed by atoms with Crippen molar-refractivity contribution in [2.24, 2.45) is 5.73 Å². The molecule has 0 bridgehead atoms. The molecule has 1 saturated heterocycles. The molecule has 1 amide bonds. The van der Waals surface area contributed by atoms with Gasteiger partial charge in [0.05, 0.1) is 38.1 Å². The van der Waals surface area contributed by atoms with Crippen LogP contribution in [0.15, 0.2) is 6.20 Å². The van der Waals surface area contributed by atoms with Gasteiger partial charge < -0.3 is 31.6 Å². The van der Waals surface area contributed by atoms with Crippen molar-refractivity contribution in [3.63, 3.8) is 0 Å². The number of hydrogen-bond acceptors (Lipinski definition) is 10. The molecule has 1 atom stereocenters. The summed E-state index contributed by atoms with van der Waals surface area (Å²) in [5.74, 6) is 0.413. The van der Waals surface area contributed by atoms with Crippen LogP contribution in [0, 0.1) is 0 Å². The minimum absolute atomic E-state index is 0.0438. The van der Waals surface area contributed by atoms with E-state index in [-0.39, 0.29) is 23.4 Å². The molecular formula is C15H21N9O3. The van der Waals surface area contributed by atoms with Gasteiger partial charge >= 0.3 is 0 Å². The molecule has 2 aliphatic rings. The second-order valence-corrected chi connectivity index (χ2v) is 6.65. The number of anilines is 2. The Morgan fingerprint density at radius 2 is 2.19 bits per heavy atom. The number of fused-ring (bicyclic) bond motifs is 1. The summed E-state index contributed by atoms with van der Waals surface area (Å²) < 4.78 is 13.3. The quantitative estimate of drug-likeness (QED) is 0.546. The molecule has 1 unspecified atom stereocenters. The highest BCUT2D eigenvalue weighted by Crippen LogP contribution is 2.38. The van der Waals surface area contributed by atoms with Crippen molar-refractivity contribution in [1.82, 2.24) is 29.9 Å². The minimum atomic E-state index is -0.793. The van der Waals surface area contributed by atoms with Crippen molar-refractivity contribution in [2.75, 3.05) is 44.3 Å². The molecule has 12 nitrogen and oxygen atoms in total. The number of carbonyl (C=O) groups excluding carboxylic acids is 1. The van der Waals surface area contributed by atoms with Gasteiger partial charge in [0.2, 0.25) is 11.8 Å². The zero-order chi connectivity index (χ0) is 19.0. The Morgan fingerprint density at radius 3 is 3.00 bits per heavy atom. The SMILES string of the molecule is NCCn1cc(C(=O)N2CCOCC3(Cc4c(N)nc(N)nc4O3)C2)nn1. The Hall–Kier alpha value is -2.99. The summed E-state index contributed by atoms with van der Waals surface area (Å²) in [4.78, 5) is 22.6. The first kappa shape index (κ1) is 17.4. The molecule has 0 aromatic carbocycles. The van der Waals surface area contributed by atoms with Gasteiger partial charge in [-0.1, -0.05) is 5.21 Å². The number of nitrogen functional groups attached to an aromatic ring is 2. The van der Waals surface area contributed by atoms with E-state index in [2.05, 4.69) is 20.3 Å². The first-order valence-corrected chi connectivity index (χ1v) is 8.58. The number of aromatic nitrogens is 5. The van der Waals surface area contributed by atoms with Gasteiger partial charge in [0.25, 0.3) is 5.91 Å². The monoisotopic (exact) mass is 375 g/mol. The number of carbonyl (C=O) groups is 1. The minimum Gasteiger partial charge on any atom is -0.466 e. The van der Waals surface area contributed by atoms with Crippen molar-refractivity contribution in [3.05, 3.63) is 17.5 Å². The molecular weight excluding hydrogens is 354 g/mol. The maximum absolute atomic E-state index is 12.9. The van der Waals surface area contributed by atoms with E-state index in [1.54, 1.807) is 11.1 Å². The lowest BCUT2D eigenvalue weighted by Gasteiger charge is -2.30. The lowest BCUT2D eigenvalue weighted by molar-refractivity contribution is -0.00152. The fourth-order valence-corrected chi connectivity index (χ4v) is 3.36. The molecule has 0 aliphatic carbocycles. The predicted molar refractivity (Wildman–Crippen MR) is 93.7 cm³/mol. The molecule has 0 radical (unpaired) electrons. The molecule has 4 heterocycles. The molecule has 1 fully saturated rings. The van der Waals surface area contributed by atoms with Crippen LogP contribution in [-0.2, 0) is 17.7 Å². The lowest BCUT2D eigenvalue weighted by Crippen LogP contribution is -2.50. The van der Waals surface area contributed by atoms with E-state index in [1.165, 1.54) is 4.68 Å². The van der Waals surface area contributed by atoms with Crippen molar-refractivity contribution < 1.29 is 14.3 Å². The molecule has 2 aliphatic heterocycles. The Kier molecular flexibility index (Phi) is 4.28. The maximum Gasteiger partial charge on any atom is 0.276 e. The molecule has 12 heteroatoms. The maximum atomic E-state index is 12.9. The van der Waals surface area contributed by atoms with Crippen molar-refractivity contribution in [2.45, 2.75) is 18.6 Å². The van der Waals surface area contributed by atoms with Gasteiger partial charge in [-0.3, -0.25) is 9.48 Å². The van der Waals surface area contributed by atoms with Crippen LogP contribution < -0.4 is 21.9 Å². The van der Waals surface area contributed by atoms with Gasteiger partial charge in [-0.25, -0.2) is 0 Å². The van der Waals surface area contributed by atoms with Crippen molar-refractivity contribution in [1.29, 1.82) is 0 Å². The highest BCUT2D eigenvalue weighted by atomic mass is 16.6.